The van der Waals surface area contributed by atoms with Crippen LogP contribution in [0.4, 0.5) is 0 Å². The molecule has 1 amide bonds. The van der Waals surface area contributed by atoms with Gasteiger partial charge in [-0.2, -0.15) is 0 Å². The third-order valence-electron chi connectivity index (χ3n) is 4.65. The summed E-state index contributed by atoms with van der Waals surface area (Å²) in [6.45, 7) is 2.32. The first-order valence-corrected chi connectivity index (χ1v) is 10.5. The Morgan fingerprint density at radius 2 is 2.03 bits per heavy atom. The van der Waals surface area contributed by atoms with E-state index in [2.05, 4.69) is 15.3 Å². The molecule has 0 aliphatic rings. The molecular formula is C23H21N3O4S. The Labute approximate surface area is 183 Å². The molecule has 0 bridgehead atoms. The summed E-state index contributed by atoms with van der Waals surface area (Å²) in [4.78, 5) is 21.0. The first-order valence-electron chi connectivity index (χ1n) is 9.64. The van der Waals surface area contributed by atoms with E-state index in [1.54, 1.807) is 37.2 Å². The summed E-state index contributed by atoms with van der Waals surface area (Å²) in [5.74, 6) is 1.62. The lowest BCUT2D eigenvalue weighted by Gasteiger charge is -2.17. The van der Waals surface area contributed by atoms with Crippen LogP contribution < -0.4 is 14.8 Å². The van der Waals surface area contributed by atoms with E-state index < -0.39 is 0 Å². The molecule has 1 N–H and O–H groups in total. The molecule has 0 radical (unpaired) electrons. The largest absolute Gasteiger partial charge is 0.493 e. The Morgan fingerprint density at radius 1 is 1.19 bits per heavy atom. The number of furan rings is 1. The minimum atomic E-state index is -0.251. The molecule has 0 spiro atoms. The third-order valence-corrected chi connectivity index (χ3v) is 5.50. The molecule has 1 atom stereocenters. The highest BCUT2D eigenvalue weighted by Gasteiger charge is 2.17. The van der Waals surface area contributed by atoms with Gasteiger partial charge in [-0.15, -0.1) is 11.3 Å². The van der Waals surface area contributed by atoms with Crippen molar-refractivity contribution >= 4 is 17.2 Å². The van der Waals surface area contributed by atoms with Gasteiger partial charge in [0.25, 0.3) is 5.91 Å². The summed E-state index contributed by atoms with van der Waals surface area (Å²) in [6.07, 6.45) is 5.03. The van der Waals surface area contributed by atoms with Gasteiger partial charge >= 0.3 is 0 Å². The number of carbonyl (C=O) groups excluding carboxylic acids is 1. The van der Waals surface area contributed by atoms with Crippen molar-refractivity contribution in [3.63, 3.8) is 0 Å². The number of aromatic nitrogens is 2. The summed E-state index contributed by atoms with van der Waals surface area (Å²) in [7, 11) is 1.59. The standard InChI is InChI=1S/C23H21N3O4S/c1-15(25-22(27)18-14-31-23(26-18)20-4-3-11-29-20)17-5-6-19(21(12-17)28-2)30-13-16-7-9-24-10-8-16/h3-12,14-15H,13H2,1-2H3,(H,25,27). The van der Waals surface area contributed by atoms with E-state index in [0.717, 1.165) is 11.1 Å². The molecule has 3 heterocycles. The van der Waals surface area contributed by atoms with Crippen LogP contribution in [0.1, 0.15) is 34.6 Å². The van der Waals surface area contributed by atoms with Gasteiger partial charge in [0.1, 0.15) is 12.3 Å². The number of pyridine rings is 1. The van der Waals surface area contributed by atoms with Crippen LogP contribution in [0.3, 0.4) is 0 Å². The number of nitrogens with zero attached hydrogens (tertiary/aromatic N) is 2. The number of carbonyl (C=O) groups is 1. The number of thiazole rings is 1. The zero-order valence-electron chi connectivity index (χ0n) is 17.1. The summed E-state index contributed by atoms with van der Waals surface area (Å²) in [5, 5.41) is 5.36. The fourth-order valence-electron chi connectivity index (χ4n) is 2.96. The average Bonchev–Trinajstić information content (AvgIpc) is 3.50. The van der Waals surface area contributed by atoms with Crippen LogP contribution >= 0.6 is 11.3 Å². The zero-order chi connectivity index (χ0) is 21.6. The van der Waals surface area contributed by atoms with Gasteiger partial charge in [-0.05, 0) is 54.4 Å². The number of methoxy groups -OCH3 is 1. The lowest BCUT2D eigenvalue weighted by Crippen LogP contribution is -2.26. The van der Waals surface area contributed by atoms with E-state index in [9.17, 15) is 4.79 Å². The van der Waals surface area contributed by atoms with E-state index in [4.69, 9.17) is 13.9 Å². The number of ether oxygens (including phenoxy) is 2. The second-order valence-electron chi connectivity index (χ2n) is 6.76. The number of amides is 1. The highest BCUT2D eigenvalue weighted by Crippen LogP contribution is 2.31. The van der Waals surface area contributed by atoms with Crippen LogP contribution in [-0.2, 0) is 6.61 Å². The van der Waals surface area contributed by atoms with Crippen molar-refractivity contribution in [2.45, 2.75) is 19.6 Å². The molecule has 0 aliphatic carbocycles. The number of hydrogen-bond donors (Lipinski definition) is 1. The molecule has 8 heteroatoms. The summed E-state index contributed by atoms with van der Waals surface area (Å²) >= 11 is 1.36. The molecule has 0 saturated carbocycles. The van der Waals surface area contributed by atoms with E-state index in [-0.39, 0.29) is 11.9 Å². The Hall–Kier alpha value is -3.65. The Morgan fingerprint density at radius 3 is 2.77 bits per heavy atom. The summed E-state index contributed by atoms with van der Waals surface area (Å²) < 4.78 is 16.7. The van der Waals surface area contributed by atoms with E-state index in [0.29, 0.717) is 34.6 Å². The van der Waals surface area contributed by atoms with Gasteiger partial charge in [0, 0.05) is 17.8 Å². The van der Waals surface area contributed by atoms with Gasteiger partial charge in [0.2, 0.25) is 0 Å². The van der Waals surface area contributed by atoms with Crippen molar-refractivity contribution in [3.05, 3.63) is 83.3 Å². The minimum absolute atomic E-state index is 0.246. The van der Waals surface area contributed by atoms with Crippen LogP contribution in [0.2, 0.25) is 0 Å². The highest BCUT2D eigenvalue weighted by atomic mass is 32.1. The SMILES string of the molecule is COc1cc(C(C)NC(=O)c2csc(-c3ccco3)n2)ccc1OCc1ccncc1. The molecule has 31 heavy (non-hydrogen) atoms. The smallest absolute Gasteiger partial charge is 0.271 e. The molecule has 3 aromatic heterocycles. The topological polar surface area (TPSA) is 86.5 Å². The normalized spacial score (nSPS) is 11.7. The van der Waals surface area contributed by atoms with Gasteiger partial charge in [0.05, 0.1) is 19.4 Å². The van der Waals surface area contributed by atoms with Gasteiger partial charge in [0.15, 0.2) is 22.3 Å². The Balaban J connectivity index is 1.42. The van der Waals surface area contributed by atoms with Gasteiger partial charge < -0.3 is 19.2 Å². The van der Waals surface area contributed by atoms with E-state index in [1.807, 2.05) is 43.3 Å². The van der Waals surface area contributed by atoms with Crippen LogP contribution in [0.5, 0.6) is 11.5 Å². The Bertz CT molecular complexity index is 1140. The maximum absolute atomic E-state index is 12.6. The maximum atomic E-state index is 12.6. The number of benzene rings is 1. The second kappa shape index (κ2) is 9.44. The molecule has 1 aromatic carbocycles. The molecule has 7 nitrogen and oxygen atoms in total. The van der Waals surface area contributed by atoms with E-state index in [1.165, 1.54) is 11.3 Å². The fraction of sp³-hybridized carbons (Fsp3) is 0.174. The monoisotopic (exact) mass is 435 g/mol. The van der Waals surface area contributed by atoms with Crippen LogP contribution in [0.15, 0.2) is 70.9 Å². The molecule has 0 aliphatic heterocycles. The molecule has 4 aromatic rings. The zero-order valence-corrected chi connectivity index (χ0v) is 17.9. The van der Waals surface area contributed by atoms with Crippen molar-refractivity contribution in [1.82, 2.24) is 15.3 Å². The lowest BCUT2D eigenvalue weighted by atomic mass is 10.1. The van der Waals surface area contributed by atoms with Gasteiger partial charge in [-0.1, -0.05) is 6.07 Å². The number of nitrogens with one attached hydrogen (secondary N) is 1. The van der Waals surface area contributed by atoms with Crippen molar-refractivity contribution in [3.8, 4) is 22.3 Å². The minimum Gasteiger partial charge on any atom is -0.493 e. The van der Waals surface area contributed by atoms with Crippen LogP contribution in [0.25, 0.3) is 10.8 Å². The molecule has 158 valence electrons. The quantitative estimate of drug-likeness (QED) is 0.425. The first-order chi connectivity index (χ1) is 15.1. The molecular weight excluding hydrogens is 414 g/mol. The maximum Gasteiger partial charge on any atom is 0.271 e. The first kappa shape index (κ1) is 20.6. The summed E-state index contributed by atoms with van der Waals surface area (Å²) in [5.41, 5.74) is 2.26. The van der Waals surface area contributed by atoms with Crippen molar-refractivity contribution in [1.29, 1.82) is 0 Å². The lowest BCUT2D eigenvalue weighted by molar-refractivity contribution is 0.0935. The van der Waals surface area contributed by atoms with Crippen LogP contribution in [-0.4, -0.2) is 23.0 Å². The molecule has 0 saturated heterocycles. The number of rotatable bonds is 8. The predicted molar refractivity (Wildman–Crippen MR) is 117 cm³/mol. The van der Waals surface area contributed by atoms with Crippen molar-refractivity contribution in [2.24, 2.45) is 0 Å². The molecule has 0 fully saturated rings. The number of hydrogen-bond acceptors (Lipinski definition) is 7. The van der Waals surface area contributed by atoms with Gasteiger partial charge in [-0.25, -0.2) is 4.98 Å². The third kappa shape index (κ3) is 4.92. The van der Waals surface area contributed by atoms with E-state index >= 15 is 0 Å². The fourth-order valence-corrected chi connectivity index (χ4v) is 3.72. The Kier molecular flexibility index (Phi) is 6.28. The predicted octanol–water partition coefficient (Wildman–Crippen LogP) is 4.88. The summed E-state index contributed by atoms with van der Waals surface area (Å²) in [6, 6.07) is 12.8. The molecule has 4 rings (SSSR count). The van der Waals surface area contributed by atoms with Crippen molar-refractivity contribution in [2.75, 3.05) is 7.11 Å². The second-order valence-corrected chi connectivity index (χ2v) is 7.62. The van der Waals surface area contributed by atoms with Crippen molar-refractivity contribution < 1.29 is 18.7 Å². The van der Waals surface area contributed by atoms with Crippen LogP contribution in [0, 0.1) is 0 Å². The molecule has 1 unspecified atom stereocenters. The van der Waals surface area contributed by atoms with Gasteiger partial charge in [-0.3, -0.25) is 9.78 Å². The highest BCUT2D eigenvalue weighted by molar-refractivity contribution is 7.13. The average molecular weight is 436 g/mol.